The molecule has 0 bridgehead atoms. The van der Waals surface area contributed by atoms with Crippen LogP contribution in [-0.2, 0) is 14.8 Å². The summed E-state index contributed by atoms with van der Waals surface area (Å²) in [5, 5.41) is 9.10. The standard InChI is InChI=1S/C13H18BrNO4S/c1-3-4-5-11(13(16)17)15-20(18,19)12-8-9(2)6-7-10(12)14/h6-8,11,15H,3-5H2,1-2H3,(H,16,17). The largest absolute Gasteiger partial charge is 0.480 e. The van der Waals surface area contributed by atoms with Gasteiger partial charge < -0.3 is 5.11 Å². The van der Waals surface area contributed by atoms with Gasteiger partial charge in [-0.25, -0.2) is 8.42 Å². The van der Waals surface area contributed by atoms with E-state index in [0.29, 0.717) is 10.9 Å². The number of hydrogen-bond acceptors (Lipinski definition) is 3. The van der Waals surface area contributed by atoms with Crippen molar-refractivity contribution in [2.24, 2.45) is 0 Å². The Morgan fingerprint density at radius 3 is 2.65 bits per heavy atom. The summed E-state index contributed by atoms with van der Waals surface area (Å²) in [6, 6.07) is 3.80. The molecule has 5 nitrogen and oxygen atoms in total. The summed E-state index contributed by atoms with van der Waals surface area (Å²) >= 11 is 3.18. The maximum atomic E-state index is 12.3. The molecule has 1 atom stereocenters. The van der Waals surface area contributed by atoms with Crippen LogP contribution in [0.15, 0.2) is 27.6 Å². The minimum absolute atomic E-state index is 0.0558. The van der Waals surface area contributed by atoms with E-state index in [9.17, 15) is 13.2 Å². The van der Waals surface area contributed by atoms with Gasteiger partial charge in [0.1, 0.15) is 6.04 Å². The number of halogens is 1. The van der Waals surface area contributed by atoms with E-state index in [1.807, 2.05) is 6.92 Å². The van der Waals surface area contributed by atoms with Gasteiger partial charge in [0, 0.05) is 4.47 Å². The van der Waals surface area contributed by atoms with Crippen LogP contribution in [0.4, 0.5) is 0 Å². The lowest BCUT2D eigenvalue weighted by Crippen LogP contribution is -2.40. The van der Waals surface area contributed by atoms with Crippen molar-refractivity contribution in [2.75, 3.05) is 0 Å². The lowest BCUT2D eigenvalue weighted by Gasteiger charge is -2.15. The Morgan fingerprint density at radius 1 is 1.45 bits per heavy atom. The van der Waals surface area contributed by atoms with Crippen molar-refractivity contribution in [1.29, 1.82) is 0 Å². The zero-order chi connectivity index (χ0) is 15.3. The first-order valence-corrected chi connectivity index (χ1v) is 8.57. The van der Waals surface area contributed by atoms with Crippen molar-refractivity contribution >= 4 is 31.9 Å². The van der Waals surface area contributed by atoms with Gasteiger partial charge in [-0.1, -0.05) is 25.8 Å². The molecule has 0 amide bonds. The summed E-state index contributed by atoms with van der Waals surface area (Å²) in [4.78, 5) is 11.2. The van der Waals surface area contributed by atoms with Crippen LogP contribution < -0.4 is 4.72 Å². The van der Waals surface area contributed by atoms with E-state index in [4.69, 9.17) is 5.11 Å². The molecule has 0 radical (unpaired) electrons. The zero-order valence-electron chi connectivity index (χ0n) is 11.4. The molecule has 0 aliphatic carbocycles. The minimum Gasteiger partial charge on any atom is -0.480 e. The molecule has 1 aromatic rings. The molecule has 20 heavy (non-hydrogen) atoms. The van der Waals surface area contributed by atoms with Gasteiger partial charge in [0.15, 0.2) is 0 Å². The number of nitrogens with one attached hydrogen (secondary N) is 1. The minimum atomic E-state index is -3.87. The number of hydrogen-bond donors (Lipinski definition) is 2. The van der Waals surface area contributed by atoms with Gasteiger partial charge in [0.05, 0.1) is 4.90 Å². The van der Waals surface area contributed by atoms with E-state index in [1.54, 1.807) is 19.1 Å². The molecule has 1 rings (SSSR count). The van der Waals surface area contributed by atoms with Crippen LogP contribution in [-0.4, -0.2) is 25.5 Å². The smallest absolute Gasteiger partial charge is 0.321 e. The molecule has 0 aliphatic rings. The molecular formula is C13H18BrNO4S. The predicted molar refractivity (Wildman–Crippen MR) is 80.1 cm³/mol. The molecule has 0 saturated carbocycles. The molecule has 7 heteroatoms. The molecule has 0 spiro atoms. The number of carboxylic acid groups (broad SMARTS) is 1. The highest BCUT2D eigenvalue weighted by molar-refractivity contribution is 9.10. The zero-order valence-corrected chi connectivity index (χ0v) is 13.8. The monoisotopic (exact) mass is 363 g/mol. The van der Waals surface area contributed by atoms with Gasteiger partial charge in [0.2, 0.25) is 10.0 Å². The van der Waals surface area contributed by atoms with Crippen LogP contribution in [0.1, 0.15) is 31.7 Å². The SMILES string of the molecule is CCCCC(NS(=O)(=O)c1cc(C)ccc1Br)C(=O)O. The van der Waals surface area contributed by atoms with Crippen molar-refractivity contribution in [3.05, 3.63) is 28.2 Å². The van der Waals surface area contributed by atoms with Gasteiger partial charge in [-0.15, -0.1) is 0 Å². The number of benzene rings is 1. The normalized spacial score (nSPS) is 13.2. The molecule has 0 heterocycles. The quantitative estimate of drug-likeness (QED) is 0.779. The second-order valence-corrected chi connectivity index (χ2v) is 7.12. The van der Waals surface area contributed by atoms with E-state index in [1.165, 1.54) is 6.07 Å². The fourth-order valence-electron chi connectivity index (χ4n) is 1.71. The number of unbranched alkanes of at least 4 members (excludes halogenated alkanes) is 1. The lowest BCUT2D eigenvalue weighted by molar-refractivity contribution is -0.139. The highest BCUT2D eigenvalue weighted by Gasteiger charge is 2.26. The van der Waals surface area contributed by atoms with E-state index >= 15 is 0 Å². The Balaban J connectivity index is 3.03. The maximum absolute atomic E-state index is 12.3. The average molecular weight is 364 g/mol. The third-order valence-electron chi connectivity index (χ3n) is 2.82. The first kappa shape index (κ1) is 17.1. The van der Waals surface area contributed by atoms with Gasteiger partial charge in [-0.05, 0) is 47.0 Å². The van der Waals surface area contributed by atoms with Gasteiger partial charge in [0.25, 0.3) is 0 Å². The van der Waals surface area contributed by atoms with Crippen molar-refractivity contribution in [3.8, 4) is 0 Å². The summed E-state index contributed by atoms with van der Waals surface area (Å²) in [6.45, 7) is 3.70. The third-order valence-corrected chi connectivity index (χ3v) is 5.28. The molecule has 0 saturated heterocycles. The predicted octanol–water partition coefficient (Wildman–Crippen LogP) is 2.68. The summed E-state index contributed by atoms with van der Waals surface area (Å²) in [7, 11) is -3.87. The maximum Gasteiger partial charge on any atom is 0.321 e. The number of carbonyl (C=O) groups is 1. The van der Waals surface area contributed by atoms with Crippen molar-refractivity contribution in [1.82, 2.24) is 4.72 Å². The van der Waals surface area contributed by atoms with E-state index < -0.39 is 22.0 Å². The fourth-order valence-corrected chi connectivity index (χ4v) is 3.98. The van der Waals surface area contributed by atoms with E-state index in [-0.39, 0.29) is 11.3 Å². The topological polar surface area (TPSA) is 83.5 Å². The van der Waals surface area contributed by atoms with E-state index in [2.05, 4.69) is 20.7 Å². The summed E-state index contributed by atoms with van der Waals surface area (Å²) < 4.78 is 27.2. The summed E-state index contributed by atoms with van der Waals surface area (Å²) in [5.74, 6) is -1.16. The number of aryl methyl sites for hydroxylation is 1. The molecule has 0 fully saturated rings. The lowest BCUT2D eigenvalue weighted by atomic mass is 10.1. The second-order valence-electron chi connectivity index (χ2n) is 4.59. The fraction of sp³-hybridized carbons (Fsp3) is 0.462. The Bertz CT molecular complexity index is 586. The Morgan fingerprint density at radius 2 is 2.10 bits per heavy atom. The molecule has 2 N–H and O–H groups in total. The van der Waals surface area contributed by atoms with E-state index in [0.717, 1.165) is 12.0 Å². The van der Waals surface area contributed by atoms with Crippen LogP contribution in [0, 0.1) is 6.92 Å². The molecule has 0 aliphatic heterocycles. The molecule has 1 unspecified atom stereocenters. The highest BCUT2D eigenvalue weighted by atomic mass is 79.9. The summed E-state index contributed by atoms with van der Waals surface area (Å²) in [6.07, 6.45) is 1.72. The molecular weight excluding hydrogens is 346 g/mol. The Kier molecular flexibility index (Phi) is 6.16. The first-order valence-electron chi connectivity index (χ1n) is 6.29. The van der Waals surface area contributed by atoms with Crippen molar-refractivity contribution in [3.63, 3.8) is 0 Å². The average Bonchev–Trinajstić information content (AvgIpc) is 2.36. The van der Waals surface area contributed by atoms with Crippen LogP contribution in [0.5, 0.6) is 0 Å². The third kappa shape index (κ3) is 4.57. The van der Waals surface area contributed by atoms with Crippen LogP contribution >= 0.6 is 15.9 Å². The van der Waals surface area contributed by atoms with Gasteiger partial charge in [-0.3, -0.25) is 4.79 Å². The highest BCUT2D eigenvalue weighted by Crippen LogP contribution is 2.23. The van der Waals surface area contributed by atoms with Crippen LogP contribution in [0.3, 0.4) is 0 Å². The number of rotatable bonds is 7. The Labute approximate surface area is 127 Å². The van der Waals surface area contributed by atoms with Crippen LogP contribution in [0.25, 0.3) is 0 Å². The van der Waals surface area contributed by atoms with Crippen molar-refractivity contribution < 1.29 is 18.3 Å². The van der Waals surface area contributed by atoms with Gasteiger partial charge in [-0.2, -0.15) is 4.72 Å². The number of carboxylic acids is 1. The van der Waals surface area contributed by atoms with Crippen molar-refractivity contribution in [2.45, 2.75) is 44.0 Å². The first-order chi connectivity index (χ1) is 9.27. The number of aliphatic carboxylic acids is 1. The van der Waals surface area contributed by atoms with Crippen LogP contribution in [0.2, 0.25) is 0 Å². The molecule has 112 valence electrons. The second kappa shape index (κ2) is 7.19. The Hall–Kier alpha value is -0.920. The summed E-state index contributed by atoms with van der Waals surface area (Å²) in [5.41, 5.74) is 0.786. The molecule has 0 aromatic heterocycles. The molecule has 1 aromatic carbocycles. The van der Waals surface area contributed by atoms with Gasteiger partial charge >= 0.3 is 5.97 Å². The number of sulfonamides is 1.